The molecule has 2 heterocycles. The summed E-state index contributed by atoms with van der Waals surface area (Å²) in [7, 11) is 0. The summed E-state index contributed by atoms with van der Waals surface area (Å²) >= 11 is 6.51. The largest absolute Gasteiger partial charge is 0.383 e. The number of aliphatic hydroxyl groups is 1. The lowest BCUT2D eigenvalue weighted by atomic mass is 10.0. The van der Waals surface area contributed by atoms with Gasteiger partial charge in [-0.1, -0.05) is 49.7 Å². The van der Waals surface area contributed by atoms with Crippen LogP contribution in [0.25, 0.3) is 22.3 Å². The van der Waals surface area contributed by atoms with Crippen molar-refractivity contribution in [1.82, 2.24) is 14.9 Å². The molecule has 1 aliphatic rings. The van der Waals surface area contributed by atoms with Gasteiger partial charge in [-0.15, -0.1) is 0 Å². The topological polar surface area (TPSA) is 69.6 Å². The monoisotopic (exact) mass is 452 g/mol. The Labute approximate surface area is 193 Å². The number of hydrogen-bond acceptors (Lipinski definition) is 5. The average Bonchev–Trinajstić information content (AvgIpc) is 2.77. The smallest absolute Gasteiger partial charge is 0.251 e. The van der Waals surface area contributed by atoms with E-state index in [0.717, 1.165) is 27.8 Å². The molecule has 1 saturated heterocycles. The fourth-order valence-electron chi connectivity index (χ4n) is 4.22. The van der Waals surface area contributed by atoms with E-state index in [0.29, 0.717) is 43.4 Å². The van der Waals surface area contributed by atoms with Gasteiger partial charge in [0.05, 0.1) is 10.5 Å². The standard InChI is InChI=1S/C25H29ClN4O2/c1-16(2)15-21(31)25(32)30-13-11-29(12-14-30)24-18-8-4-5-10-20(18)27-23(28-24)22-17(3)7-6-9-19(22)26/h4-10,16,21,31H,11-15H2,1-3H3/t21-/m1/s1. The zero-order valence-corrected chi connectivity index (χ0v) is 19.5. The zero-order chi connectivity index (χ0) is 22.8. The number of aryl methyl sites for hydroxylation is 1. The molecule has 0 spiro atoms. The lowest BCUT2D eigenvalue weighted by Gasteiger charge is -2.37. The second kappa shape index (κ2) is 9.43. The Morgan fingerprint density at radius 1 is 1.06 bits per heavy atom. The summed E-state index contributed by atoms with van der Waals surface area (Å²) in [5, 5.41) is 11.8. The number of nitrogens with zero attached hydrogens (tertiary/aromatic N) is 4. The number of anilines is 1. The van der Waals surface area contributed by atoms with Crippen LogP contribution in [0.2, 0.25) is 5.02 Å². The molecule has 1 atom stereocenters. The number of para-hydroxylation sites is 1. The molecule has 1 aromatic heterocycles. The zero-order valence-electron chi connectivity index (χ0n) is 18.8. The summed E-state index contributed by atoms with van der Waals surface area (Å²) in [5.41, 5.74) is 2.72. The molecule has 0 saturated carbocycles. The molecular weight excluding hydrogens is 424 g/mol. The highest BCUT2D eigenvalue weighted by Crippen LogP contribution is 2.33. The molecule has 1 fully saturated rings. The molecule has 6 nitrogen and oxygen atoms in total. The lowest BCUT2D eigenvalue weighted by molar-refractivity contribution is -0.141. The van der Waals surface area contributed by atoms with E-state index >= 15 is 0 Å². The van der Waals surface area contributed by atoms with E-state index in [4.69, 9.17) is 21.6 Å². The van der Waals surface area contributed by atoms with Crippen molar-refractivity contribution in [3.05, 3.63) is 53.1 Å². The predicted octanol–water partition coefficient (Wildman–Crippen LogP) is 4.31. The number of aromatic nitrogens is 2. The third-order valence-electron chi connectivity index (χ3n) is 5.90. The van der Waals surface area contributed by atoms with E-state index in [1.165, 1.54) is 0 Å². The molecule has 1 N–H and O–H groups in total. The number of carbonyl (C=O) groups excluding carboxylic acids is 1. The first-order chi connectivity index (χ1) is 15.3. The van der Waals surface area contributed by atoms with Crippen LogP contribution in [0.3, 0.4) is 0 Å². The van der Waals surface area contributed by atoms with E-state index in [1.54, 1.807) is 4.90 Å². The maximum Gasteiger partial charge on any atom is 0.251 e. The lowest BCUT2D eigenvalue weighted by Crippen LogP contribution is -2.52. The van der Waals surface area contributed by atoms with E-state index in [9.17, 15) is 9.90 Å². The van der Waals surface area contributed by atoms with Gasteiger partial charge in [-0.05, 0) is 43.0 Å². The molecule has 0 bridgehead atoms. The molecule has 32 heavy (non-hydrogen) atoms. The minimum absolute atomic E-state index is 0.182. The number of aliphatic hydroxyl groups excluding tert-OH is 1. The van der Waals surface area contributed by atoms with Crippen LogP contribution in [0.15, 0.2) is 42.5 Å². The van der Waals surface area contributed by atoms with Crippen LogP contribution >= 0.6 is 11.6 Å². The van der Waals surface area contributed by atoms with Gasteiger partial charge in [0.25, 0.3) is 5.91 Å². The van der Waals surface area contributed by atoms with Crippen molar-refractivity contribution in [3.63, 3.8) is 0 Å². The number of rotatable bonds is 5. The summed E-state index contributed by atoms with van der Waals surface area (Å²) in [4.78, 5) is 26.3. The minimum Gasteiger partial charge on any atom is -0.383 e. The summed E-state index contributed by atoms with van der Waals surface area (Å²) < 4.78 is 0. The van der Waals surface area contributed by atoms with Gasteiger partial charge in [-0.2, -0.15) is 0 Å². The average molecular weight is 453 g/mol. The second-order valence-electron chi connectivity index (χ2n) is 8.78. The van der Waals surface area contributed by atoms with Crippen molar-refractivity contribution in [2.24, 2.45) is 5.92 Å². The van der Waals surface area contributed by atoms with Crippen molar-refractivity contribution in [2.75, 3.05) is 31.1 Å². The number of benzene rings is 2. The summed E-state index contributed by atoms with van der Waals surface area (Å²) in [6, 6.07) is 13.7. The Balaban J connectivity index is 1.63. The summed E-state index contributed by atoms with van der Waals surface area (Å²) in [6.45, 7) is 8.40. The predicted molar refractivity (Wildman–Crippen MR) is 129 cm³/mol. The molecule has 1 amide bonds. The minimum atomic E-state index is -0.934. The van der Waals surface area contributed by atoms with Gasteiger partial charge in [-0.3, -0.25) is 4.79 Å². The van der Waals surface area contributed by atoms with Gasteiger partial charge in [0.1, 0.15) is 11.9 Å². The van der Waals surface area contributed by atoms with Crippen LogP contribution < -0.4 is 4.90 Å². The number of amides is 1. The molecule has 7 heteroatoms. The molecule has 2 aromatic carbocycles. The molecule has 1 aliphatic heterocycles. The second-order valence-corrected chi connectivity index (χ2v) is 9.18. The van der Waals surface area contributed by atoms with E-state index in [2.05, 4.69) is 4.90 Å². The van der Waals surface area contributed by atoms with Gasteiger partial charge in [0, 0.05) is 37.1 Å². The first-order valence-electron chi connectivity index (χ1n) is 11.1. The van der Waals surface area contributed by atoms with Crippen molar-refractivity contribution in [3.8, 4) is 11.4 Å². The highest BCUT2D eigenvalue weighted by atomic mass is 35.5. The van der Waals surface area contributed by atoms with E-state index in [-0.39, 0.29) is 11.8 Å². The van der Waals surface area contributed by atoms with Gasteiger partial charge in [-0.25, -0.2) is 9.97 Å². The number of hydrogen-bond donors (Lipinski definition) is 1. The Bertz CT molecular complexity index is 1110. The normalized spacial score (nSPS) is 15.4. The molecule has 168 valence electrons. The summed E-state index contributed by atoms with van der Waals surface area (Å²) in [5.74, 6) is 1.54. The van der Waals surface area contributed by atoms with Crippen LogP contribution in [0.5, 0.6) is 0 Å². The van der Waals surface area contributed by atoms with Crippen LogP contribution in [0.4, 0.5) is 5.82 Å². The molecular formula is C25H29ClN4O2. The van der Waals surface area contributed by atoms with Crippen molar-refractivity contribution >= 4 is 34.2 Å². The molecule has 0 unspecified atom stereocenters. The molecule has 0 radical (unpaired) electrons. The maximum atomic E-state index is 12.6. The highest BCUT2D eigenvalue weighted by molar-refractivity contribution is 6.33. The molecule has 3 aromatic rings. The van der Waals surface area contributed by atoms with Crippen molar-refractivity contribution in [2.45, 2.75) is 33.3 Å². The number of carbonyl (C=O) groups is 1. The first-order valence-corrected chi connectivity index (χ1v) is 11.5. The SMILES string of the molecule is Cc1cccc(Cl)c1-c1nc(N2CCN(C(=O)[C@H](O)CC(C)C)CC2)c2ccccc2n1. The Kier molecular flexibility index (Phi) is 6.63. The third kappa shape index (κ3) is 4.57. The van der Waals surface area contributed by atoms with E-state index < -0.39 is 6.10 Å². The van der Waals surface area contributed by atoms with Crippen LogP contribution in [0.1, 0.15) is 25.8 Å². The van der Waals surface area contributed by atoms with Gasteiger partial charge in [0.2, 0.25) is 0 Å². The number of fused-ring (bicyclic) bond motifs is 1. The fourth-order valence-corrected chi connectivity index (χ4v) is 4.53. The first kappa shape index (κ1) is 22.5. The van der Waals surface area contributed by atoms with Crippen molar-refractivity contribution in [1.29, 1.82) is 0 Å². The Morgan fingerprint density at radius 3 is 2.47 bits per heavy atom. The van der Waals surface area contributed by atoms with E-state index in [1.807, 2.05) is 63.2 Å². The quantitative estimate of drug-likeness (QED) is 0.624. The molecule has 4 rings (SSSR count). The summed E-state index contributed by atoms with van der Waals surface area (Å²) in [6.07, 6.45) is -0.452. The van der Waals surface area contributed by atoms with Crippen LogP contribution in [0, 0.1) is 12.8 Å². The fraction of sp³-hybridized carbons (Fsp3) is 0.400. The van der Waals surface area contributed by atoms with Gasteiger partial charge < -0.3 is 14.9 Å². The van der Waals surface area contributed by atoms with Gasteiger partial charge in [0.15, 0.2) is 5.82 Å². The van der Waals surface area contributed by atoms with Gasteiger partial charge >= 0.3 is 0 Å². The highest BCUT2D eigenvalue weighted by Gasteiger charge is 2.28. The van der Waals surface area contributed by atoms with Crippen LogP contribution in [-0.2, 0) is 4.79 Å². The maximum absolute atomic E-state index is 12.6. The number of halogens is 1. The Morgan fingerprint density at radius 2 is 1.78 bits per heavy atom. The molecule has 0 aliphatic carbocycles. The Hall–Kier alpha value is -2.70. The van der Waals surface area contributed by atoms with Crippen LogP contribution in [-0.4, -0.2) is 58.2 Å². The third-order valence-corrected chi connectivity index (χ3v) is 6.21. The number of piperazine rings is 1. The van der Waals surface area contributed by atoms with Crippen molar-refractivity contribution < 1.29 is 9.90 Å².